The number of Topliss-reactive ketones (excluding diaryl/α,β-unsaturated/α-hetero) is 1. The van der Waals surface area contributed by atoms with Gasteiger partial charge in [0.05, 0.1) is 37.9 Å². The molecule has 0 atom stereocenters. The molecule has 1 aliphatic rings. The lowest BCUT2D eigenvalue weighted by Crippen LogP contribution is -2.03. The average molecular weight is 425 g/mol. The monoisotopic (exact) mass is 425 g/mol. The SMILES string of the molecule is C=Cn1c2ccccc2c2cc(C=C3Cc4cc(OC)c(OC)c(OC)c4C3=O)ccc21. The Hall–Kier alpha value is -3.99. The summed E-state index contributed by atoms with van der Waals surface area (Å²) in [6.45, 7) is 3.96. The third kappa shape index (κ3) is 2.82. The number of nitrogens with zero attached hydrogens (tertiary/aromatic N) is 1. The van der Waals surface area contributed by atoms with E-state index in [0.29, 0.717) is 34.8 Å². The standard InChI is InChI=1S/C27H23NO4/c1-5-28-21-9-7-6-8-19(21)20-13-16(10-11-22(20)28)12-18-14-17-15-23(30-2)26(31-3)27(32-4)24(17)25(18)29/h5-13,15H,1,14H2,2-4H3. The van der Waals surface area contributed by atoms with E-state index >= 15 is 0 Å². The Morgan fingerprint density at radius 2 is 1.66 bits per heavy atom. The number of para-hydroxylation sites is 1. The second kappa shape index (κ2) is 7.61. The molecular formula is C27H23NO4. The summed E-state index contributed by atoms with van der Waals surface area (Å²) in [5.74, 6) is 1.35. The first-order chi connectivity index (χ1) is 15.6. The number of ether oxygens (including phenoxy) is 3. The van der Waals surface area contributed by atoms with Gasteiger partial charge in [0.15, 0.2) is 17.3 Å². The molecule has 4 aromatic rings. The van der Waals surface area contributed by atoms with Gasteiger partial charge in [-0.3, -0.25) is 4.79 Å². The molecule has 32 heavy (non-hydrogen) atoms. The van der Waals surface area contributed by atoms with Gasteiger partial charge in [-0.05, 0) is 41.5 Å². The highest BCUT2D eigenvalue weighted by atomic mass is 16.5. The second-order valence-corrected chi connectivity index (χ2v) is 7.70. The van der Waals surface area contributed by atoms with Crippen LogP contribution in [-0.4, -0.2) is 31.7 Å². The molecule has 0 radical (unpaired) electrons. The first-order valence-corrected chi connectivity index (χ1v) is 10.3. The average Bonchev–Trinajstić information content (AvgIpc) is 3.31. The zero-order chi connectivity index (χ0) is 22.4. The van der Waals surface area contributed by atoms with Crippen LogP contribution in [-0.2, 0) is 6.42 Å². The molecule has 0 amide bonds. The molecular weight excluding hydrogens is 402 g/mol. The van der Waals surface area contributed by atoms with Crippen molar-refractivity contribution in [3.8, 4) is 17.2 Å². The van der Waals surface area contributed by atoms with Crippen molar-refractivity contribution in [2.24, 2.45) is 0 Å². The van der Waals surface area contributed by atoms with Gasteiger partial charge in [-0.25, -0.2) is 0 Å². The topological polar surface area (TPSA) is 49.7 Å². The van der Waals surface area contributed by atoms with E-state index in [9.17, 15) is 4.79 Å². The highest BCUT2D eigenvalue weighted by Gasteiger charge is 2.32. The number of methoxy groups -OCH3 is 3. The fourth-order valence-corrected chi connectivity index (χ4v) is 4.67. The van der Waals surface area contributed by atoms with E-state index < -0.39 is 0 Å². The Morgan fingerprint density at radius 3 is 2.38 bits per heavy atom. The van der Waals surface area contributed by atoms with Crippen molar-refractivity contribution in [2.75, 3.05) is 21.3 Å². The van der Waals surface area contributed by atoms with Gasteiger partial charge < -0.3 is 18.8 Å². The van der Waals surface area contributed by atoms with E-state index in [2.05, 4.69) is 35.4 Å². The molecule has 0 saturated carbocycles. The van der Waals surface area contributed by atoms with E-state index in [0.717, 1.165) is 32.9 Å². The van der Waals surface area contributed by atoms with Crippen LogP contribution in [0.25, 0.3) is 34.1 Å². The van der Waals surface area contributed by atoms with Crippen LogP contribution in [0.4, 0.5) is 0 Å². The van der Waals surface area contributed by atoms with Gasteiger partial charge in [-0.15, -0.1) is 0 Å². The van der Waals surface area contributed by atoms with Gasteiger partial charge in [-0.2, -0.15) is 0 Å². The summed E-state index contributed by atoms with van der Waals surface area (Å²) < 4.78 is 18.5. The van der Waals surface area contributed by atoms with Crippen LogP contribution < -0.4 is 14.2 Å². The van der Waals surface area contributed by atoms with E-state index in [-0.39, 0.29) is 5.78 Å². The summed E-state index contributed by atoms with van der Waals surface area (Å²) >= 11 is 0. The van der Waals surface area contributed by atoms with Crippen molar-refractivity contribution >= 4 is 39.9 Å². The molecule has 5 heteroatoms. The minimum atomic E-state index is -0.0496. The molecule has 1 aromatic heterocycles. The van der Waals surface area contributed by atoms with Crippen LogP contribution in [0, 0.1) is 0 Å². The molecule has 0 spiro atoms. The summed E-state index contributed by atoms with van der Waals surface area (Å²) in [5, 5.41) is 2.28. The Labute approximate surface area is 186 Å². The number of hydrogen-bond donors (Lipinski definition) is 0. The van der Waals surface area contributed by atoms with Crippen molar-refractivity contribution in [1.29, 1.82) is 0 Å². The maximum Gasteiger partial charge on any atom is 0.204 e. The normalized spacial score (nSPS) is 14.2. The molecule has 0 fully saturated rings. The second-order valence-electron chi connectivity index (χ2n) is 7.70. The molecule has 3 aromatic carbocycles. The molecule has 0 aliphatic heterocycles. The van der Waals surface area contributed by atoms with E-state index in [1.807, 2.05) is 36.5 Å². The maximum atomic E-state index is 13.3. The lowest BCUT2D eigenvalue weighted by molar-refractivity contribution is 0.103. The van der Waals surface area contributed by atoms with Gasteiger partial charge in [0.25, 0.3) is 0 Å². The van der Waals surface area contributed by atoms with Gasteiger partial charge >= 0.3 is 0 Å². The molecule has 0 unspecified atom stereocenters. The van der Waals surface area contributed by atoms with Crippen molar-refractivity contribution in [2.45, 2.75) is 6.42 Å². The minimum Gasteiger partial charge on any atom is -0.493 e. The van der Waals surface area contributed by atoms with Crippen LogP contribution in [0.1, 0.15) is 21.5 Å². The van der Waals surface area contributed by atoms with Crippen molar-refractivity contribution in [3.63, 3.8) is 0 Å². The number of carbonyl (C=O) groups is 1. The van der Waals surface area contributed by atoms with Gasteiger partial charge in [-0.1, -0.05) is 30.8 Å². The summed E-state index contributed by atoms with van der Waals surface area (Å²) in [7, 11) is 4.65. The highest BCUT2D eigenvalue weighted by molar-refractivity contribution is 6.18. The largest absolute Gasteiger partial charge is 0.493 e. The minimum absolute atomic E-state index is 0.0496. The molecule has 0 saturated heterocycles. The fraction of sp³-hybridized carbons (Fsp3) is 0.148. The molecule has 0 N–H and O–H groups in total. The molecule has 160 valence electrons. The van der Waals surface area contributed by atoms with Crippen LogP contribution in [0.5, 0.6) is 17.2 Å². The number of benzene rings is 3. The molecule has 1 heterocycles. The van der Waals surface area contributed by atoms with Gasteiger partial charge in [0, 0.05) is 29.0 Å². The molecule has 5 rings (SSSR count). The fourth-order valence-electron chi connectivity index (χ4n) is 4.67. The third-order valence-electron chi connectivity index (χ3n) is 6.07. The highest BCUT2D eigenvalue weighted by Crippen LogP contribution is 2.46. The summed E-state index contributed by atoms with van der Waals surface area (Å²) in [4.78, 5) is 13.3. The van der Waals surface area contributed by atoms with Crippen molar-refractivity contribution in [3.05, 3.63) is 77.4 Å². The number of ketones is 1. The summed E-state index contributed by atoms with van der Waals surface area (Å²) in [6, 6.07) is 16.3. The lowest BCUT2D eigenvalue weighted by atomic mass is 10.0. The Balaban J connectivity index is 1.63. The third-order valence-corrected chi connectivity index (χ3v) is 6.07. The predicted molar refractivity (Wildman–Crippen MR) is 128 cm³/mol. The van der Waals surface area contributed by atoms with Crippen LogP contribution in [0.2, 0.25) is 0 Å². The Kier molecular flexibility index (Phi) is 4.74. The summed E-state index contributed by atoms with van der Waals surface area (Å²) in [6.07, 6.45) is 4.30. The number of carbonyl (C=O) groups excluding carboxylic acids is 1. The quantitative estimate of drug-likeness (QED) is 0.383. The zero-order valence-electron chi connectivity index (χ0n) is 18.3. The van der Waals surface area contributed by atoms with Crippen LogP contribution in [0.15, 0.2) is 60.7 Å². The van der Waals surface area contributed by atoms with Crippen molar-refractivity contribution in [1.82, 2.24) is 4.57 Å². The lowest BCUT2D eigenvalue weighted by Gasteiger charge is -2.14. The van der Waals surface area contributed by atoms with E-state index in [1.54, 1.807) is 7.11 Å². The zero-order valence-corrected chi connectivity index (χ0v) is 18.3. The Morgan fingerprint density at radius 1 is 0.906 bits per heavy atom. The molecule has 1 aliphatic carbocycles. The number of hydrogen-bond acceptors (Lipinski definition) is 4. The van der Waals surface area contributed by atoms with Crippen LogP contribution in [0.3, 0.4) is 0 Å². The van der Waals surface area contributed by atoms with Gasteiger partial charge in [0.1, 0.15) is 0 Å². The summed E-state index contributed by atoms with van der Waals surface area (Å²) in [5.41, 5.74) is 5.29. The van der Waals surface area contributed by atoms with E-state index in [1.165, 1.54) is 14.2 Å². The predicted octanol–water partition coefficient (Wildman–Crippen LogP) is 5.74. The molecule has 5 nitrogen and oxygen atoms in total. The molecule has 0 bridgehead atoms. The number of rotatable bonds is 5. The van der Waals surface area contributed by atoms with Crippen molar-refractivity contribution < 1.29 is 19.0 Å². The van der Waals surface area contributed by atoms with Crippen LogP contribution >= 0.6 is 0 Å². The van der Waals surface area contributed by atoms with Gasteiger partial charge in [0.2, 0.25) is 5.75 Å². The smallest absolute Gasteiger partial charge is 0.204 e. The number of aromatic nitrogens is 1. The number of allylic oxidation sites excluding steroid dienone is 1. The first-order valence-electron chi connectivity index (χ1n) is 10.3. The maximum absolute atomic E-state index is 13.3. The van der Waals surface area contributed by atoms with E-state index in [4.69, 9.17) is 14.2 Å². The first kappa shape index (κ1) is 19.9. The number of fused-ring (bicyclic) bond motifs is 4. The Bertz CT molecular complexity index is 1440.